The Morgan fingerprint density at radius 1 is 1.14 bits per heavy atom. The van der Waals surface area contributed by atoms with E-state index < -0.39 is 25.6 Å². The number of halogens is 3. The highest BCUT2D eigenvalue weighted by Crippen LogP contribution is 2.27. The summed E-state index contributed by atoms with van der Waals surface area (Å²) >= 11 is 0. The second kappa shape index (κ2) is 7.91. The van der Waals surface area contributed by atoms with Crippen LogP contribution in [0.5, 0.6) is 5.75 Å². The maximum absolute atomic E-state index is 13.6. The van der Waals surface area contributed by atoms with Gasteiger partial charge in [0.25, 0.3) is 9.05 Å². The Balaban J connectivity index is 2.56. The van der Waals surface area contributed by atoms with Gasteiger partial charge in [0, 0.05) is 17.3 Å². The van der Waals surface area contributed by atoms with E-state index in [-0.39, 0.29) is 19.0 Å². The summed E-state index contributed by atoms with van der Waals surface area (Å²) in [5, 5.41) is 0. The number of hydrogen-bond acceptors (Lipinski definition) is 4. The van der Waals surface area contributed by atoms with Crippen molar-refractivity contribution < 1.29 is 26.7 Å². The van der Waals surface area contributed by atoms with Crippen molar-refractivity contribution in [1.29, 1.82) is 0 Å². The van der Waals surface area contributed by atoms with Crippen molar-refractivity contribution in [2.24, 2.45) is 5.92 Å². The highest BCUT2D eigenvalue weighted by molar-refractivity contribution is 8.13. The van der Waals surface area contributed by atoms with Crippen molar-refractivity contribution >= 4 is 19.7 Å². The van der Waals surface area contributed by atoms with Gasteiger partial charge in [0.2, 0.25) is 5.82 Å². The van der Waals surface area contributed by atoms with Gasteiger partial charge in [-0.15, -0.1) is 0 Å². The molecule has 1 rings (SSSR count). The first kappa shape index (κ1) is 18.1. The average molecular weight is 343 g/mol. The van der Waals surface area contributed by atoms with Gasteiger partial charge in [-0.1, -0.05) is 13.8 Å². The van der Waals surface area contributed by atoms with Crippen LogP contribution in [0, 0.1) is 17.6 Å². The third kappa shape index (κ3) is 5.76. The van der Waals surface area contributed by atoms with E-state index in [2.05, 4.69) is 13.8 Å². The minimum atomic E-state index is -4.34. The minimum absolute atomic E-state index is 0.0292. The maximum Gasteiger partial charge on any atom is 0.264 e. The highest BCUT2D eigenvalue weighted by atomic mass is 35.7. The summed E-state index contributed by atoms with van der Waals surface area (Å²) < 4.78 is 59.4. The van der Waals surface area contributed by atoms with Crippen molar-refractivity contribution in [3.05, 3.63) is 23.8 Å². The van der Waals surface area contributed by atoms with Gasteiger partial charge in [0.05, 0.1) is 6.61 Å². The highest BCUT2D eigenvalue weighted by Gasteiger charge is 2.22. The van der Waals surface area contributed by atoms with Crippen LogP contribution < -0.4 is 4.74 Å². The second-order valence-corrected chi connectivity index (χ2v) is 7.31. The van der Waals surface area contributed by atoms with Crippen molar-refractivity contribution in [1.82, 2.24) is 0 Å². The average Bonchev–Trinajstić information content (AvgIpc) is 2.36. The molecule has 0 aliphatic rings. The van der Waals surface area contributed by atoms with Gasteiger partial charge in [0.1, 0.15) is 11.5 Å². The zero-order valence-corrected chi connectivity index (χ0v) is 13.3. The maximum atomic E-state index is 13.6. The lowest BCUT2D eigenvalue weighted by atomic mass is 10.1. The summed E-state index contributed by atoms with van der Waals surface area (Å²) in [5.74, 6) is -2.81. The van der Waals surface area contributed by atoms with E-state index in [4.69, 9.17) is 20.2 Å². The summed E-state index contributed by atoms with van der Waals surface area (Å²) in [7, 11) is 0.643. The van der Waals surface area contributed by atoms with Gasteiger partial charge in [0.15, 0.2) is 11.6 Å². The molecule has 0 heterocycles. The van der Waals surface area contributed by atoms with Crippen LogP contribution in [0.15, 0.2) is 17.0 Å². The summed E-state index contributed by atoms with van der Waals surface area (Å²) in [5.41, 5.74) is 0. The fourth-order valence-corrected chi connectivity index (χ4v) is 2.34. The van der Waals surface area contributed by atoms with Crippen molar-refractivity contribution in [3.63, 3.8) is 0 Å². The van der Waals surface area contributed by atoms with E-state index in [1.807, 2.05) is 0 Å². The number of hydrogen-bond donors (Lipinski definition) is 0. The van der Waals surface area contributed by atoms with Crippen molar-refractivity contribution in [2.45, 2.75) is 25.2 Å². The molecule has 0 N–H and O–H groups in total. The molecule has 0 saturated heterocycles. The van der Waals surface area contributed by atoms with Crippen LogP contribution >= 0.6 is 10.7 Å². The molecule has 4 nitrogen and oxygen atoms in total. The monoisotopic (exact) mass is 342 g/mol. The number of benzene rings is 1. The van der Waals surface area contributed by atoms with E-state index in [9.17, 15) is 17.2 Å². The van der Waals surface area contributed by atoms with E-state index in [1.165, 1.54) is 0 Å². The predicted molar refractivity (Wildman–Crippen MR) is 75.2 cm³/mol. The Labute approximate surface area is 127 Å². The SMILES string of the molecule is CC(C)CCOCCOc1ccc(S(=O)(=O)Cl)c(F)c1F. The lowest BCUT2D eigenvalue weighted by molar-refractivity contribution is 0.0910. The lowest BCUT2D eigenvalue weighted by Crippen LogP contribution is -2.10. The second-order valence-electron chi connectivity index (χ2n) is 4.77. The fraction of sp³-hybridized carbons (Fsp3) is 0.538. The molecule has 8 heteroatoms. The van der Waals surface area contributed by atoms with Gasteiger partial charge in [-0.25, -0.2) is 12.8 Å². The number of rotatable bonds is 8. The predicted octanol–water partition coefficient (Wildman–Crippen LogP) is 3.33. The molecule has 0 aliphatic heterocycles. The molecule has 0 atom stereocenters. The molecule has 0 aromatic heterocycles. The molecule has 0 amide bonds. The Bertz CT molecular complexity index is 576. The molecular formula is C13H17ClF2O4S. The van der Waals surface area contributed by atoms with Gasteiger partial charge in [-0.05, 0) is 24.5 Å². The van der Waals surface area contributed by atoms with Crippen LogP contribution in [0.25, 0.3) is 0 Å². The van der Waals surface area contributed by atoms with Gasteiger partial charge >= 0.3 is 0 Å². The third-order valence-electron chi connectivity index (χ3n) is 2.60. The van der Waals surface area contributed by atoms with E-state index >= 15 is 0 Å². The van der Waals surface area contributed by atoms with Gasteiger partial charge < -0.3 is 9.47 Å². The Hall–Kier alpha value is -0.920. The van der Waals surface area contributed by atoms with Gasteiger partial charge in [-0.2, -0.15) is 4.39 Å². The van der Waals surface area contributed by atoms with Crippen LogP contribution in [-0.4, -0.2) is 28.2 Å². The molecule has 0 radical (unpaired) electrons. The normalized spacial score (nSPS) is 11.9. The first-order chi connectivity index (χ1) is 9.73. The van der Waals surface area contributed by atoms with Crippen molar-refractivity contribution in [2.75, 3.05) is 19.8 Å². The third-order valence-corrected chi connectivity index (χ3v) is 3.94. The first-order valence-electron chi connectivity index (χ1n) is 6.36. The molecule has 21 heavy (non-hydrogen) atoms. The zero-order chi connectivity index (χ0) is 16.0. The molecule has 0 saturated carbocycles. The standard InChI is InChI=1S/C13H17ClF2O4S/c1-9(2)5-6-19-7-8-20-10-3-4-11(21(14,17)18)13(16)12(10)15/h3-4,9H,5-8H2,1-2H3. The molecule has 120 valence electrons. The lowest BCUT2D eigenvalue weighted by Gasteiger charge is -2.10. The fourth-order valence-electron chi connectivity index (χ4n) is 1.45. The quantitative estimate of drug-likeness (QED) is 0.537. The molecule has 0 fully saturated rings. The molecule has 0 unspecified atom stereocenters. The topological polar surface area (TPSA) is 52.6 Å². The molecule has 0 spiro atoms. The summed E-state index contributed by atoms with van der Waals surface area (Å²) in [4.78, 5) is -0.915. The van der Waals surface area contributed by atoms with Gasteiger partial charge in [-0.3, -0.25) is 0 Å². The van der Waals surface area contributed by atoms with Crippen LogP contribution in [0.2, 0.25) is 0 Å². The van der Waals surface area contributed by atoms with Crippen LogP contribution in [-0.2, 0) is 13.8 Å². The summed E-state index contributed by atoms with van der Waals surface area (Å²) in [6, 6.07) is 1.87. The van der Waals surface area contributed by atoms with E-state index in [0.29, 0.717) is 12.5 Å². The molecule has 0 bridgehead atoms. The largest absolute Gasteiger partial charge is 0.488 e. The summed E-state index contributed by atoms with van der Waals surface area (Å²) in [6.07, 6.45) is 0.894. The van der Waals surface area contributed by atoms with Crippen molar-refractivity contribution in [3.8, 4) is 5.75 Å². The van der Waals surface area contributed by atoms with Crippen LogP contribution in [0.1, 0.15) is 20.3 Å². The van der Waals surface area contributed by atoms with Crippen LogP contribution in [0.3, 0.4) is 0 Å². The smallest absolute Gasteiger partial charge is 0.264 e. The Kier molecular flexibility index (Phi) is 6.83. The zero-order valence-electron chi connectivity index (χ0n) is 11.7. The molecule has 1 aromatic carbocycles. The van der Waals surface area contributed by atoms with Crippen LogP contribution in [0.4, 0.5) is 8.78 Å². The Morgan fingerprint density at radius 3 is 2.38 bits per heavy atom. The van der Waals surface area contributed by atoms with E-state index in [0.717, 1.165) is 18.6 Å². The summed E-state index contributed by atoms with van der Waals surface area (Å²) in [6.45, 7) is 4.93. The Morgan fingerprint density at radius 2 is 1.81 bits per heavy atom. The molecule has 0 aliphatic carbocycles. The molecule has 1 aromatic rings. The number of ether oxygens (including phenoxy) is 2. The minimum Gasteiger partial charge on any atom is -0.488 e. The van der Waals surface area contributed by atoms with E-state index in [1.54, 1.807) is 0 Å². The molecular weight excluding hydrogens is 326 g/mol. The first-order valence-corrected chi connectivity index (χ1v) is 8.67.